The molecule has 146 valence electrons. The lowest BCUT2D eigenvalue weighted by atomic mass is 9.99. The van der Waals surface area contributed by atoms with Crippen molar-refractivity contribution in [3.05, 3.63) is 53.5 Å². The Kier molecular flexibility index (Phi) is 4.85. The van der Waals surface area contributed by atoms with Crippen LogP contribution >= 0.6 is 0 Å². The van der Waals surface area contributed by atoms with Gasteiger partial charge in [0, 0.05) is 51.0 Å². The zero-order chi connectivity index (χ0) is 19.7. The normalized spacial score (nSPS) is 16.8. The molecule has 0 aliphatic carbocycles. The molecule has 2 aliphatic rings. The highest BCUT2D eigenvalue weighted by Crippen LogP contribution is 2.22. The number of carbonyl (C=O) groups is 2. The number of piperazine rings is 1. The Balaban J connectivity index is 1.37. The molecule has 0 bridgehead atoms. The fraction of sp³-hybridized carbons (Fsp3) is 0.350. The Hall–Kier alpha value is -3.16. The number of hydrogen-bond donors (Lipinski definition) is 1. The fourth-order valence-electron chi connectivity index (χ4n) is 3.56. The predicted octanol–water partition coefficient (Wildman–Crippen LogP) is 2.20. The zero-order valence-electron chi connectivity index (χ0n) is 15.7. The lowest BCUT2D eigenvalue weighted by Gasteiger charge is -2.35. The number of nitrogens with zero attached hydrogens (tertiary/aromatic N) is 4. The first-order chi connectivity index (χ1) is 13.5. The Bertz CT molecular complexity index is 894. The molecule has 1 N–H and O–H groups in total. The van der Waals surface area contributed by atoms with Crippen LogP contribution in [0.1, 0.15) is 15.9 Å². The van der Waals surface area contributed by atoms with E-state index in [1.165, 1.54) is 12.3 Å². The summed E-state index contributed by atoms with van der Waals surface area (Å²) in [6, 6.07) is 8.34. The van der Waals surface area contributed by atoms with Crippen molar-refractivity contribution in [2.24, 2.45) is 0 Å². The van der Waals surface area contributed by atoms with E-state index >= 15 is 0 Å². The number of nitrogens with one attached hydrogen (secondary N) is 1. The second kappa shape index (κ2) is 7.46. The van der Waals surface area contributed by atoms with Crippen molar-refractivity contribution in [1.29, 1.82) is 0 Å². The molecular weight excluding hydrogens is 361 g/mol. The minimum Gasteiger partial charge on any atom is -0.353 e. The second-order valence-electron chi connectivity index (χ2n) is 7.09. The van der Waals surface area contributed by atoms with Gasteiger partial charge in [-0.05, 0) is 36.2 Å². The van der Waals surface area contributed by atoms with E-state index < -0.39 is 0 Å². The van der Waals surface area contributed by atoms with Crippen LogP contribution in [0.3, 0.4) is 0 Å². The molecule has 3 heterocycles. The van der Waals surface area contributed by atoms with Gasteiger partial charge in [-0.15, -0.1) is 0 Å². The van der Waals surface area contributed by atoms with Gasteiger partial charge in [-0.3, -0.25) is 4.79 Å². The summed E-state index contributed by atoms with van der Waals surface area (Å²) in [5.74, 6) is 0.327. The van der Waals surface area contributed by atoms with Crippen LogP contribution in [0.2, 0.25) is 0 Å². The van der Waals surface area contributed by atoms with Gasteiger partial charge in [-0.2, -0.15) is 0 Å². The number of fused-ring (bicyclic) bond motifs is 1. The van der Waals surface area contributed by atoms with Gasteiger partial charge >= 0.3 is 6.03 Å². The summed E-state index contributed by atoms with van der Waals surface area (Å²) in [6.45, 7) is 3.04. The molecule has 0 spiro atoms. The Morgan fingerprint density at radius 2 is 1.89 bits per heavy atom. The maximum Gasteiger partial charge on any atom is 0.321 e. The minimum absolute atomic E-state index is 0.0160. The van der Waals surface area contributed by atoms with Crippen LogP contribution < -0.4 is 10.2 Å². The number of likely N-dealkylation sites (N-methyl/N-ethyl adjacent to an activating group) is 1. The smallest absolute Gasteiger partial charge is 0.321 e. The Labute approximate surface area is 162 Å². The van der Waals surface area contributed by atoms with E-state index in [2.05, 4.69) is 10.3 Å². The summed E-state index contributed by atoms with van der Waals surface area (Å²) in [5, 5.41) is 2.89. The molecule has 1 saturated heterocycles. The number of hydrogen-bond acceptors (Lipinski definition) is 4. The summed E-state index contributed by atoms with van der Waals surface area (Å²) in [4.78, 5) is 34.5. The van der Waals surface area contributed by atoms with Crippen LogP contribution in [0.4, 0.5) is 20.7 Å². The van der Waals surface area contributed by atoms with Crippen LogP contribution in [0.15, 0.2) is 36.5 Å². The number of rotatable bonds is 2. The number of halogens is 1. The first-order valence-electron chi connectivity index (χ1n) is 9.32. The monoisotopic (exact) mass is 383 g/mol. The van der Waals surface area contributed by atoms with E-state index in [0.717, 1.165) is 12.0 Å². The molecular formula is C20H22FN5O2. The van der Waals surface area contributed by atoms with E-state index in [1.54, 1.807) is 29.0 Å². The number of aromatic nitrogens is 1. The van der Waals surface area contributed by atoms with Crippen molar-refractivity contribution in [2.75, 3.05) is 50.0 Å². The molecule has 1 fully saturated rings. The third kappa shape index (κ3) is 3.62. The molecule has 0 saturated carbocycles. The molecule has 28 heavy (non-hydrogen) atoms. The highest BCUT2D eigenvalue weighted by Gasteiger charge is 2.24. The first-order valence-corrected chi connectivity index (χ1v) is 9.32. The van der Waals surface area contributed by atoms with Gasteiger partial charge in [-0.1, -0.05) is 6.07 Å². The predicted molar refractivity (Wildman–Crippen MR) is 104 cm³/mol. The topological polar surface area (TPSA) is 68.8 Å². The molecule has 0 radical (unpaired) electrons. The summed E-state index contributed by atoms with van der Waals surface area (Å²) in [7, 11) is 1.78. The number of benzene rings is 1. The van der Waals surface area contributed by atoms with Gasteiger partial charge in [0.15, 0.2) is 0 Å². The van der Waals surface area contributed by atoms with Crippen molar-refractivity contribution in [1.82, 2.24) is 14.8 Å². The molecule has 7 nitrogen and oxygen atoms in total. The molecule has 1 aromatic heterocycles. The number of urea groups is 1. The van der Waals surface area contributed by atoms with E-state index in [0.29, 0.717) is 49.8 Å². The fourth-order valence-corrected chi connectivity index (χ4v) is 3.56. The number of carbonyl (C=O) groups excluding carboxylic acids is 2. The molecule has 4 rings (SSSR count). The highest BCUT2D eigenvalue weighted by molar-refractivity contribution is 5.99. The molecule has 2 aliphatic heterocycles. The Morgan fingerprint density at radius 1 is 1.11 bits per heavy atom. The van der Waals surface area contributed by atoms with E-state index in [4.69, 9.17) is 0 Å². The lowest BCUT2D eigenvalue weighted by Crippen LogP contribution is -2.50. The van der Waals surface area contributed by atoms with Crippen molar-refractivity contribution in [3.8, 4) is 0 Å². The van der Waals surface area contributed by atoms with Gasteiger partial charge in [0.25, 0.3) is 5.91 Å². The summed E-state index contributed by atoms with van der Waals surface area (Å²) in [6.07, 6.45) is 2.02. The quantitative estimate of drug-likeness (QED) is 0.863. The molecule has 2 aromatic rings. The molecule has 0 atom stereocenters. The summed E-state index contributed by atoms with van der Waals surface area (Å²) >= 11 is 0. The van der Waals surface area contributed by atoms with Crippen molar-refractivity contribution < 1.29 is 14.0 Å². The van der Waals surface area contributed by atoms with Gasteiger partial charge in [0.2, 0.25) is 0 Å². The average molecular weight is 383 g/mol. The zero-order valence-corrected chi connectivity index (χ0v) is 15.7. The second-order valence-corrected chi connectivity index (χ2v) is 7.09. The average Bonchev–Trinajstić information content (AvgIpc) is 2.72. The van der Waals surface area contributed by atoms with Crippen LogP contribution in [-0.2, 0) is 6.42 Å². The third-order valence-corrected chi connectivity index (χ3v) is 5.26. The highest BCUT2D eigenvalue weighted by atomic mass is 19.1. The Morgan fingerprint density at radius 3 is 2.61 bits per heavy atom. The lowest BCUT2D eigenvalue weighted by molar-refractivity contribution is 0.0781. The maximum atomic E-state index is 13.0. The van der Waals surface area contributed by atoms with Crippen molar-refractivity contribution in [3.63, 3.8) is 0 Å². The number of amides is 3. The van der Waals surface area contributed by atoms with E-state index in [1.807, 2.05) is 17.0 Å². The van der Waals surface area contributed by atoms with Crippen molar-refractivity contribution in [2.45, 2.75) is 6.42 Å². The molecule has 3 amide bonds. The summed E-state index contributed by atoms with van der Waals surface area (Å²) in [5.41, 5.74) is 2.29. The first kappa shape index (κ1) is 18.2. The van der Waals surface area contributed by atoms with Crippen LogP contribution in [-0.4, -0.2) is 66.5 Å². The van der Waals surface area contributed by atoms with E-state index in [9.17, 15) is 14.0 Å². The van der Waals surface area contributed by atoms with Crippen molar-refractivity contribution >= 4 is 23.4 Å². The van der Waals surface area contributed by atoms with Gasteiger partial charge in [0.1, 0.15) is 11.6 Å². The SMILES string of the molecule is CN1CCc2ccc(NC(=O)N3CCN(c4ccc(F)cn4)CC3)cc2C1=O. The minimum atomic E-state index is -0.364. The maximum absolute atomic E-state index is 13.0. The van der Waals surface area contributed by atoms with Gasteiger partial charge in [-0.25, -0.2) is 14.2 Å². The van der Waals surface area contributed by atoms with Crippen LogP contribution in [0.25, 0.3) is 0 Å². The molecule has 0 unspecified atom stereocenters. The number of pyridine rings is 1. The summed E-state index contributed by atoms with van der Waals surface area (Å²) < 4.78 is 13.0. The molecule has 8 heteroatoms. The number of anilines is 2. The van der Waals surface area contributed by atoms with E-state index in [-0.39, 0.29) is 17.8 Å². The van der Waals surface area contributed by atoms with Crippen LogP contribution in [0.5, 0.6) is 0 Å². The third-order valence-electron chi connectivity index (χ3n) is 5.26. The van der Waals surface area contributed by atoms with Crippen LogP contribution in [0, 0.1) is 5.82 Å². The van der Waals surface area contributed by atoms with Gasteiger partial charge < -0.3 is 20.0 Å². The largest absolute Gasteiger partial charge is 0.353 e. The standard InChI is InChI=1S/C20H22FN5O2/c1-24-7-6-14-2-4-16(12-17(14)19(24)27)23-20(28)26-10-8-25(9-11-26)18-5-3-15(21)13-22-18/h2-5,12-13H,6-11H2,1H3,(H,23,28). The van der Waals surface area contributed by atoms with Gasteiger partial charge in [0.05, 0.1) is 6.20 Å². The molecule has 1 aromatic carbocycles.